The summed E-state index contributed by atoms with van der Waals surface area (Å²) in [5.41, 5.74) is 1.49. The van der Waals surface area contributed by atoms with Crippen molar-refractivity contribution in [3.05, 3.63) is 65.7 Å². The lowest BCUT2D eigenvalue weighted by molar-refractivity contribution is -0.112. The van der Waals surface area contributed by atoms with E-state index >= 15 is 0 Å². The number of para-hydroxylation sites is 1. The largest absolute Gasteiger partial charge is 0.494 e. The van der Waals surface area contributed by atoms with E-state index in [0.29, 0.717) is 12.3 Å². The molecule has 0 saturated carbocycles. The van der Waals surface area contributed by atoms with E-state index in [9.17, 15) is 10.1 Å². The Labute approximate surface area is 142 Å². The number of carbonyl (C=O) groups is 1. The zero-order valence-corrected chi connectivity index (χ0v) is 13.7. The van der Waals surface area contributed by atoms with Crippen molar-refractivity contribution in [3.8, 4) is 11.8 Å². The zero-order chi connectivity index (χ0) is 17.2. The predicted octanol–water partition coefficient (Wildman–Crippen LogP) is 4.41. The highest BCUT2D eigenvalue weighted by molar-refractivity contribution is 6.09. The highest BCUT2D eigenvalue weighted by Crippen LogP contribution is 2.16. The Bertz CT molecular complexity index is 728. The Morgan fingerprint density at radius 2 is 1.88 bits per heavy atom. The van der Waals surface area contributed by atoms with E-state index in [1.165, 1.54) is 0 Å². The lowest BCUT2D eigenvalue weighted by atomic mass is 10.1. The van der Waals surface area contributed by atoms with Crippen LogP contribution in [0.15, 0.2) is 60.2 Å². The van der Waals surface area contributed by atoms with Crippen molar-refractivity contribution < 1.29 is 9.53 Å². The minimum Gasteiger partial charge on any atom is -0.494 e. The summed E-state index contributed by atoms with van der Waals surface area (Å²) >= 11 is 0. The lowest BCUT2D eigenvalue weighted by Gasteiger charge is -2.06. The molecule has 0 aliphatic rings. The van der Waals surface area contributed by atoms with Crippen LogP contribution in [0.5, 0.6) is 5.75 Å². The number of ether oxygens (including phenoxy) is 1. The number of hydrogen-bond acceptors (Lipinski definition) is 3. The van der Waals surface area contributed by atoms with E-state index in [4.69, 9.17) is 4.74 Å². The fraction of sp³-hybridized carbons (Fsp3) is 0.200. The first-order chi connectivity index (χ1) is 11.7. The molecule has 1 amide bonds. The molecule has 0 unspecified atom stereocenters. The molecule has 2 aromatic carbocycles. The molecular formula is C20H20N2O2. The molecule has 0 saturated heterocycles. The van der Waals surface area contributed by atoms with Gasteiger partial charge >= 0.3 is 0 Å². The third-order valence-corrected chi connectivity index (χ3v) is 3.35. The molecule has 2 rings (SSSR count). The van der Waals surface area contributed by atoms with Gasteiger partial charge < -0.3 is 10.1 Å². The minimum absolute atomic E-state index is 0.0542. The van der Waals surface area contributed by atoms with E-state index in [1.54, 1.807) is 18.2 Å². The van der Waals surface area contributed by atoms with E-state index in [2.05, 4.69) is 12.2 Å². The highest BCUT2D eigenvalue weighted by atomic mass is 16.5. The SMILES string of the molecule is CCCCOc1ccc(/C=C(/C#N)C(=O)Nc2ccccc2)cc1. The molecule has 122 valence electrons. The van der Waals surface area contributed by atoms with Crippen LogP contribution in [0.1, 0.15) is 25.3 Å². The Hall–Kier alpha value is -3.06. The molecule has 4 heteroatoms. The average Bonchev–Trinajstić information content (AvgIpc) is 2.62. The quantitative estimate of drug-likeness (QED) is 0.467. The molecule has 24 heavy (non-hydrogen) atoms. The van der Waals surface area contributed by atoms with Crippen LogP contribution in [-0.4, -0.2) is 12.5 Å². The maximum atomic E-state index is 12.2. The Balaban J connectivity index is 2.04. The van der Waals surface area contributed by atoms with Crippen LogP contribution in [0, 0.1) is 11.3 Å². The predicted molar refractivity (Wildman–Crippen MR) is 95.5 cm³/mol. The number of nitrogens with one attached hydrogen (secondary N) is 1. The normalized spacial score (nSPS) is 10.8. The first-order valence-electron chi connectivity index (χ1n) is 7.94. The molecule has 0 aromatic heterocycles. The van der Waals surface area contributed by atoms with Crippen LogP contribution in [0.3, 0.4) is 0 Å². The highest BCUT2D eigenvalue weighted by Gasteiger charge is 2.09. The number of nitriles is 1. The second kappa shape index (κ2) is 9.16. The fourth-order valence-corrected chi connectivity index (χ4v) is 2.03. The molecule has 4 nitrogen and oxygen atoms in total. The third kappa shape index (κ3) is 5.29. The molecule has 2 aromatic rings. The monoisotopic (exact) mass is 320 g/mol. The molecule has 0 radical (unpaired) electrons. The maximum Gasteiger partial charge on any atom is 0.266 e. The number of unbranched alkanes of at least 4 members (excludes halogenated alkanes) is 1. The van der Waals surface area contributed by atoms with Gasteiger partial charge in [-0.25, -0.2) is 0 Å². The number of nitrogens with zero attached hydrogens (tertiary/aromatic N) is 1. The van der Waals surface area contributed by atoms with E-state index in [1.807, 2.05) is 48.5 Å². The molecular weight excluding hydrogens is 300 g/mol. The van der Waals surface area contributed by atoms with Crippen LogP contribution in [0.25, 0.3) is 6.08 Å². The molecule has 0 bridgehead atoms. The molecule has 0 heterocycles. The summed E-state index contributed by atoms with van der Waals surface area (Å²) in [6, 6.07) is 18.3. The Morgan fingerprint density at radius 3 is 2.50 bits per heavy atom. The summed E-state index contributed by atoms with van der Waals surface area (Å²) < 4.78 is 5.59. The number of rotatable bonds is 7. The smallest absolute Gasteiger partial charge is 0.266 e. The summed E-state index contributed by atoms with van der Waals surface area (Å²) in [5.74, 6) is 0.361. The number of benzene rings is 2. The molecule has 0 aliphatic heterocycles. The van der Waals surface area contributed by atoms with Crippen molar-refractivity contribution in [1.29, 1.82) is 5.26 Å². The molecule has 1 N–H and O–H groups in total. The summed E-state index contributed by atoms with van der Waals surface area (Å²) in [7, 11) is 0. The number of anilines is 1. The van der Waals surface area contributed by atoms with E-state index in [0.717, 1.165) is 24.2 Å². The van der Waals surface area contributed by atoms with Crippen molar-refractivity contribution in [2.45, 2.75) is 19.8 Å². The van der Waals surface area contributed by atoms with Crippen molar-refractivity contribution in [2.24, 2.45) is 0 Å². The van der Waals surface area contributed by atoms with Crippen molar-refractivity contribution in [1.82, 2.24) is 0 Å². The molecule has 0 aliphatic carbocycles. The Morgan fingerprint density at radius 1 is 1.17 bits per heavy atom. The van der Waals surface area contributed by atoms with Gasteiger partial charge in [0, 0.05) is 5.69 Å². The number of carbonyl (C=O) groups excluding carboxylic acids is 1. The Kier molecular flexibility index (Phi) is 6.60. The van der Waals surface area contributed by atoms with Crippen molar-refractivity contribution in [2.75, 3.05) is 11.9 Å². The lowest BCUT2D eigenvalue weighted by Crippen LogP contribution is -2.13. The topological polar surface area (TPSA) is 62.1 Å². The second-order valence-electron chi connectivity index (χ2n) is 5.26. The first-order valence-corrected chi connectivity index (χ1v) is 7.94. The van der Waals surface area contributed by atoms with Crippen molar-refractivity contribution in [3.63, 3.8) is 0 Å². The standard InChI is InChI=1S/C20H20N2O2/c1-2-3-13-24-19-11-9-16(10-12-19)14-17(15-21)20(23)22-18-7-5-4-6-8-18/h4-12,14H,2-3,13H2,1H3,(H,22,23)/b17-14-. The summed E-state index contributed by atoms with van der Waals surface area (Å²) in [5, 5.41) is 11.9. The second-order valence-corrected chi connectivity index (χ2v) is 5.26. The van der Waals surface area contributed by atoms with E-state index < -0.39 is 5.91 Å². The summed E-state index contributed by atoms with van der Waals surface area (Å²) in [4.78, 5) is 12.2. The van der Waals surface area contributed by atoms with Gasteiger partial charge in [-0.15, -0.1) is 0 Å². The zero-order valence-electron chi connectivity index (χ0n) is 13.7. The van der Waals surface area contributed by atoms with Gasteiger partial charge in [-0.05, 0) is 42.3 Å². The average molecular weight is 320 g/mol. The first kappa shape index (κ1) is 17.3. The van der Waals surface area contributed by atoms with Crippen LogP contribution in [0.2, 0.25) is 0 Å². The van der Waals surface area contributed by atoms with Crippen molar-refractivity contribution >= 4 is 17.7 Å². The van der Waals surface area contributed by atoms with Gasteiger partial charge in [0.1, 0.15) is 17.4 Å². The van der Waals surface area contributed by atoms with E-state index in [-0.39, 0.29) is 5.57 Å². The van der Waals surface area contributed by atoms with Crippen LogP contribution >= 0.6 is 0 Å². The number of amides is 1. The van der Waals surface area contributed by atoms with Gasteiger partial charge in [0.25, 0.3) is 5.91 Å². The molecule has 0 spiro atoms. The van der Waals surface area contributed by atoms with Gasteiger partial charge in [0.15, 0.2) is 0 Å². The summed E-state index contributed by atoms with van der Waals surface area (Å²) in [6.45, 7) is 2.80. The maximum absolute atomic E-state index is 12.2. The van der Waals surface area contributed by atoms with Crippen LogP contribution < -0.4 is 10.1 Å². The number of hydrogen-bond donors (Lipinski definition) is 1. The fourth-order valence-electron chi connectivity index (χ4n) is 2.03. The van der Waals surface area contributed by atoms with Gasteiger partial charge in [0.2, 0.25) is 0 Å². The van der Waals surface area contributed by atoms with Gasteiger partial charge in [-0.1, -0.05) is 43.7 Å². The van der Waals surface area contributed by atoms with Crippen LogP contribution in [-0.2, 0) is 4.79 Å². The van der Waals surface area contributed by atoms with Gasteiger partial charge in [-0.2, -0.15) is 5.26 Å². The minimum atomic E-state index is -0.424. The third-order valence-electron chi connectivity index (χ3n) is 3.35. The molecule has 0 fully saturated rings. The van der Waals surface area contributed by atoms with Gasteiger partial charge in [0.05, 0.1) is 6.61 Å². The van der Waals surface area contributed by atoms with Gasteiger partial charge in [-0.3, -0.25) is 4.79 Å². The summed E-state index contributed by atoms with van der Waals surface area (Å²) in [6.07, 6.45) is 3.66. The molecule has 0 atom stereocenters. The van der Waals surface area contributed by atoms with Crippen LogP contribution in [0.4, 0.5) is 5.69 Å².